The van der Waals surface area contributed by atoms with Gasteiger partial charge in [-0.3, -0.25) is 4.79 Å². The molecule has 102 valence electrons. The van der Waals surface area contributed by atoms with E-state index in [4.69, 9.17) is 28.5 Å². The van der Waals surface area contributed by atoms with Crippen molar-refractivity contribution < 1.29 is 4.79 Å². The molecule has 0 amide bonds. The van der Waals surface area contributed by atoms with E-state index in [0.717, 1.165) is 5.69 Å². The Morgan fingerprint density at radius 1 is 1.30 bits per heavy atom. The van der Waals surface area contributed by atoms with Crippen molar-refractivity contribution in [3.05, 3.63) is 57.3 Å². The maximum atomic E-state index is 12.5. The van der Waals surface area contributed by atoms with E-state index in [9.17, 15) is 4.79 Å². The number of benzene rings is 1. The molecular weight excluding hydrogens is 295 g/mol. The van der Waals surface area contributed by atoms with Gasteiger partial charge in [-0.15, -0.1) is 0 Å². The molecule has 5 heteroatoms. The number of aromatic nitrogens is 1. The minimum absolute atomic E-state index is 0.169. The fourth-order valence-electron chi connectivity index (χ4n) is 2.12. The van der Waals surface area contributed by atoms with Crippen LogP contribution in [0.1, 0.15) is 28.7 Å². The SMILES string of the molecule is CCn1c(CC#N)cc(Cl)c1C(=O)c1ccc(Cl)cc1. The number of carbonyl (C=O) groups is 1. The van der Waals surface area contributed by atoms with Gasteiger partial charge in [0.25, 0.3) is 0 Å². The highest BCUT2D eigenvalue weighted by atomic mass is 35.5. The zero-order valence-electron chi connectivity index (χ0n) is 10.9. The first-order chi connectivity index (χ1) is 9.58. The summed E-state index contributed by atoms with van der Waals surface area (Å²) in [5.74, 6) is -0.169. The molecule has 0 N–H and O–H groups in total. The Kier molecular flexibility index (Phi) is 4.49. The van der Waals surface area contributed by atoms with Crippen molar-refractivity contribution in [3.8, 4) is 6.07 Å². The van der Waals surface area contributed by atoms with Crippen LogP contribution in [0.3, 0.4) is 0 Å². The molecule has 0 fully saturated rings. The molecule has 0 saturated heterocycles. The van der Waals surface area contributed by atoms with Crippen LogP contribution in [0.25, 0.3) is 0 Å². The van der Waals surface area contributed by atoms with Crippen molar-refractivity contribution in [1.29, 1.82) is 5.26 Å². The highest BCUT2D eigenvalue weighted by molar-refractivity contribution is 6.35. The van der Waals surface area contributed by atoms with E-state index in [1.54, 1.807) is 34.9 Å². The molecular formula is C15H12Cl2N2O. The van der Waals surface area contributed by atoms with Crippen LogP contribution >= 0.6 is 23.2 Å². The van der Waals surface area contributed by atoms with Crippen molar-refractivity contribution in [2.45, 2.75) is 19.9 Å². The number of nitriles is 1. The van der Waals surface area contributed by atoms with Crippen molar-refractivity contribution in [1.82, 2.24) is 4.57 Å². The Morgan fingerprint density at radius 3 is 2.50 bits per heavy atom. The van der Waals surface area contributed by atoms with E-state index in [-0.39, 0.29) is 12.2 Å². The molecule has 0 spiro atoms. The molecule has 0 aliphatic rings. The lowest BCUT2D eigenvalue weighted by Crippen LogP contribution is -2.12. The van der Waals surface area contributed by atoms with E-state index < -0.39 is 0 Å². The number of hydrogen-bond acceptors (Lipinski definition) is 2. The molecule has 1 aromatic heterocycles. The highest BCUT2D eigenvalue weighted by Crippen LogP contribution is 2.25. The van der Waals surface area contributed by atoms with Gasteiger partial charge in [-0.1, -0.05) is 23.2 Å². The van der Waals surface area contributed by atoms with Crippen molar-refractivity contribution >= 4 is 29.0 Å². The fourth-order valence-corrected chi connectivity index (χ4v) is 2.56. The Labute approximate surface area is 127 Å². The second-order valence-corrected chi connectivity index (χ2v) is 5.09. The molecule has 0 aliphatic carbocycles. The third-order valence-electron chi connectivity index (χ3n) is 3.03. The summed E-state index contributed by atoms with van der Waals surface area (Å²) in [5, 5.41) is 9.77. The first-order valence-corrected chi connectivity index (χ1v) is 6.89. The molecule has 0 aliphatic heterocycles. The van der Waals surface area contributed by atoms with Crippen LogP contribution < -0.4 is 0 Å². The van der Waals surface area contributed by atoms with E-state index in [1.807, 2.05) is 6.92 Å². The Morgan fingerprint density at radius 2 is 1.95 bits per heavy atom. The van der Waals surface area contributed by atoms with Gasteiger partial charge in [-0.05, 0) is 37.3 Å². The number of nitrogens with zero attached hydrogens (tertiary/aromatic N) is 2. The summed E-state index contributed by atoms with van der Waals surface area (Å²) in [6.07, 6.45) is 0.224. The van der Waals surface area contributed by atoms with E-state index in [1.165, 1.54) is 0 Å². The smallest absolute Gasteiger partial charge is 0.210 e. The van der Waals surface area contributed by atoms with Crippen LogP contribution in [0, 0.1) is 11.3 Å². The molecule has 2 rings (SSSR count). The lowest BCUT2D eigenvalue weighted by Gasteiger charge is -2.09. The molecule has 0 saturated carbocycles. The standard InChI is InChI=1S/C15H12Cl2N2O/c1-2-19-12(7-8-18)9-13(17)14(19)15(20)10-3-5-11(16)6-4-10/h3-6,9H,2,7H2,1H3. The van der Waals surface area contributed by atoms with Gasteiger partial charge in [0.15, 0.2) is 0 Å². The van der Waals surface area contributed by atoms with Crippen LogP contribution in [0.4, 0.5) is 0 Å². The summed E-state index contributed by atoms with van der Waals surface area (Å²) >= 11 is 12.0. The largest absolute Gasteiger partial charge is 0.340 e. The zero-order valence-corrected chi connectivity index (χ0v) is 12.4. The minimum atomic E-state index is -0.169. The lowest BCUT2D eigenvalue weighted by atomic mass is 10.1. The topological polar surface area (TPSA) is 45.8 Å². The maximum absolute atomic E-state index is 12.5. The van der Waals surface area contributed by atoms with Gasteiger partial charge in [0.05, 0.1) is 17.5 Å². The second kappa shape index (κ2) is 6.13. The average Bonchev–Trinajstić information content (AvgIpc) is 2.75. The van der Waals surface area contributed by atoms with Crippen molar-refractivity contribution in [2.24, 2.45) is 0 Å². The number of ketones is 1. The lowest BCUT2D eigenvalue weighted by molar-refractivity contribution is 0.103. The van der Waals surface area contributed by atoms with Gasteiger partial charge in [-0.2, -0.15) is 5.26 Å². The van der Waals surface area contributed by atoms with E-state index in [0.29, 0.717) is 27.8 Å². The molecule has 1 aromatic carbocycles. The summed E-state index contributed by atoms with van der Waals surface area (Å²) in [6, 6.07) is 10.4. The van der Waals surface area contributed by atoms with Gasteiger partial charge < -0.3 is 4.57 Å². The van der Waals surface area contributed by atoms with E-state index in [2.05, 4.69) is 6.07 Å². The van der Waals surface area contributed by atoms with Crippen LogP contribution in [0.15, 0.2) is 30.3 Å². The van der Waals surface area contributed by atoms with Gasteiger partial charge >= 0.3 is 0 Å². The van der Waals surface area contributed by atoms with Crippen LogP contribution in [0.5, 0.6) is 0 Å². The summed E-state index contributed by atoms with van der Waals surface area (Å²) in [7, 11) is 0. The monoisotopic (exact) mass is 306 g/mol. The first kappa shape index (κ1) is 14.6. The fraction of sp³-hybridized carbons (Fsp3) is 0.200. The molecule has 0 unspecified atom stereocenters. The second-order valence-electron chi connectivity index (χ2n) is 4.25. The Balaban J connectivity index is 2.49. The summed E-state index contributed by atoms with van der Waals surface area (Å²) in [5.41, 5.74) is 1.69. The van der Waals surface area contributed by atoms with Crippen molar-refractivity contribution in [3.63, 3.8) is 0 Å². The summed E-state index contributed by atoms with van der Waals surface area (Å²) in [6.45, 7) is 2.49. The number of carbonyl (C=O) groups excluding carboxylic acids is 1. The van der Waals surface area contributed by atoms with E-state index >= 15 is 0 Å². The molecule has 2 aromatic rings. The summed E-state index contributed by atoms with van der Waals surface area (Å²) in [4.78, 5) is 12.5. The average molecular weight is 307 g/mol. The van der Waals surface area contributed by atoms with Gasteiger partial charge in [0, 0.05) is 22.8 Å². The predicted molar refractivity (Wildman–Crippen MR) is 79.3 cm³/mol. The van der Waals surface area contributed by atoms with Gasteiger partial charge in [0.2, 0.25) is 5.78 Å². The molecule has 0 radical (unpaired) electrons. The molecule has 20 heavy (non-hydrogen) atoms. The van der Waals surface area contributed by atoms with Gasteiger partial charge in [-0.25, -0.2) is 0 Å². The molecule has 0 bridgehead atoms. The molecule has 1 heterocycles. The Hall–Kier alpha value is -1.76. The number of halogens is 2. The van der Waals surface area contributed by atoms with Crippen LogP contribution in [-0.2, 0) is 13.0 Å². The molecule has 3 nitrogen and oxygen atoms in total. The highest BCUT2D eigenvalue weighted by Gasteiger charge is 2.20. The summed E-state index contributed by atoms with van der Waals surface area (Å²) < 4.78 is 1.78. The maximum Gasteiger partial charge on any atom is 0.210 e. The third-order valence-corrected chi connectivity index (χ3v) is 3.57. The molecule has 0 atom stereocenters. The van der Waals surface area contributed by atoms with Gasteiger partial charge in [0.1, 0.15) is 5.69 Å². The van der Waals surface area contributed by atoms with Crippen LogP contribution in [0.2, 0.25) is 10.0 Å². The quantitative estimate of drug-likeness (QED) is 0.798. The number of hydrogen-bond donors (Lipinski definition) is 0. The van der Waals surface area contributed by atoms with Crippen LogP contribution in [-0.4, -0.2) is 10.4 Å². The predicted octanol–water partition coefficient (Wildman–Crippen LogP) is 4.11. The third kappa shape index (κ3) is 2.72. The first-order valence-electron chi connectivity index (χ1n) is 6.13. The minimum Gasteiger partial charge on any atom is -0.340 e. The Bertz CT molecular complexity index is 681. The van der Waals surface area contributed by atoms with Crippen molar-refractivity contribution in [2.75, 3.05) is 0 Å². The zero-order chi connectivity index (χ0) is 14.7. The number of rotatable bonds is 4. The normalized spacial score (nSPS) is 10.3.